The Labute approximate surface area is 200 Å². The lowest BCUT2D eigenvalue weighted by atomic mass is 9.90. The number of hydrazine groups is 1. The van der Waals surface area contributed by atoms with Gasteiger partial charge in [-0.15, -0.1) is 0 Å². The highest BCUT2D eigenvalue weighted by Gasteiger charge is 2.77. The summed E-state index contributed by atoms with van der Waals surface area (Å²) in [4.78, 5) is 24.0. The maximum Gasteiger partial charge on any atom is 0.456 e. The van der Waals surface area contributed by atoms with E-state index < -0.39 is 55.4 Å². The molecule has 1 aliphatic heterocycles. The number of sulfone groups is 1. The number of anilines is 1. The van der Waals surface area contributed by atoms with Crippen LogP contribution in [0.4, 0.5) is 27.6 Å². The third kappa shape index (κ3) is 4.53. The number of carbonyl (C=O) groups is 2. The van der Waals surface area contributed by atoms with Crippen LogP contribution in [0.15, 0.2) is 29.3 Å². The van der Waals surface area contributed by atoms with E-state index in [0.29, 0.717) is 30.3 Å². The molecule has 1 fully saturated rings. The molecule has 0 aromatic heterocycles. The summed E-state index contributed by atoms with van der Waals surface area (Å²) in [5.74, 6) is -8.82. The van der Waals surface area contributed by atoms with E-state index in [1.807, 2.05) is 11.4 Å². The zero-order valence-electron chi connectivity index (χ0n) is 17.9. The number of nitrogens with zero attached hydrogens (tertiary/aromatic N) is 2. The van der Waals surface area contributed by atoms with Gasteiger partial charge in [-0.25, -0.2) is 13.8 Å². The molecule has 0 bridgehead atoms. The van der Waals surface area contributed by atoms with Gasteiger partial charge in [-0.2, -0.15) is 27.2 Å². The number of hydrogen-bond acceptors (Lipinski definition) is 7. The molecular weight excluding hydrogens is 525 g/mol. The first-order valence-corrected chi connectivity index (χ1v) is 11.9. The van der Waals surface area contributed by atoms with Crippen LogP contribution >= 0.6 is 11.6 Å². The highest BCUT2D eigenvalue weighted by molar-refractivity contribution is 7.94. The Balaban J connectivity index is 2.05. The van der Waals surface area contributed by atoms with E-state index in [4.69, 9.17) is 16.9 Å². The molecule has 1 atom stereocenters. The second-order valence-electron chi connectivity index (χ2n) is 8.11. The predicted molar refractivity (Wildman–Crippen MR) is 113 cm³/mol. The van der Waals surface area contributed by atoms with Crippen LogP contribution in [-0.2, 0) is 14.6 Å². The SMILES string of the molecule is CN1C=C(S(C)(=O)=O)C(C(=O)Nc2ccc(Cl)c(C(=O)NC3(C#N)CC3)c2)(C(F)(F)C(F)(F)F)N1. The number of alkyl halides is 5. The fraction of sp³-hybridized carbons (Fsp3) is 0.421. The Kier molecular flexibility index (Phi) is 6.33. The largest absolute Gasteiger partial charge is 0.456 e. The number of nitrogens with one attached hydrogen (secondary N) is 3. The smallest absolute Gasteiger partial charge is 0.334 e. The molecule has 0 radical (unpaired) electrons. The van der Waals surface area contributed by atoms with Crippen LogP contribution in [0, 0.1) is 11.3 Å². The van der Waals surface area contributed by atoms with Crippen LogP contribution in [0.3, 0.4) is 0 Å². The van der Waals surface area contributed by atoms with Gasteiger partial charge in [0.15, 0.2) is 9.84 Å². The van der Waals surface area contributed by atoms with Crippen LogP contribution in [-0.4, -0.2) is 61.7 Å². The number of benzene rings is 1. The molecule has 1 saturated carbocycles. The second kappa shape index (κ2) is 8.32. The van der Waals surface area contributed by atoms with E-state index in [1.54, 1.807) is 5.43 Å². The molecule has 9 nitrogen and oxygen atoms in total. The molecule has 0 spiro atoms. The van der Waals surface area contributed by atoms with Gasteiger partial charge in [-0.05, 0) is 31.0 Å². The van der Waals surface area contributed by atoms with Crippen molar-refractivity contribution in [1.29, 1.82) is 5.26 Å². The van der Waals surface area contributed by atoms with Gasteiger partial charge in [0.1, 0.15) is 5.54 Å². The molecule has 3 rings (SSSR count). The minimum absolute atomic E-state index is 0.167. The van der Waals surface area contributed by atoms with Crippen LogP contribution < -0.4 is 16.1 Å². The number of hydrogen-bond donors (Lipinski definition) is 3. The summed E-state index contributed by atoms with van der Waals surface area (Å²) >= 11 is 5.98. The van der Waals surface area contributed by atoms with Gasteiger partial charge in [0.25, 0.3) is 11.8 Å². The Morgan fingerprint density at radius 1 is 1.23 bits per heavy atom. The van der Waals surface area contributed by atoms with Gasteiger partial charge in [-0.3, -0.25) is 9.59 Å². The van der Waals surface area contributed by atoms with E-state index in [0.717, 1.165) is 25.2 Å². The zero-order chi connectivity index (χ0) is 26.6. The summed E-state index contributed by atoms with van der Waals surface area (Å²) in [5, 5.41) is 13.7. The summed E-state index contributed by atoms with van der Waals surface area (Å²) in [6.45, 7) is 0. The predicted octanol–water partition coefficient (Wildman–Crippen LogP) is 2.34. The highest BCUT2D eigenvalue weighted by Crippen LogP contribution is 2.50. The van der Waals surface area contributed by atoms with E-state index in [2.05, 4.69) is 5.32 Å². The first-order valence-electron chi connectivity index (χ1n) is 9.62. The van der Waals surface area contributed by atoms with Crippen molar-refractivity contribution in [3.05, 3.63) is 39.9 Å². The fourth-order valence-corrected chi connectivity index (χ4v) is 4.79. The van der Waals surface area contributed by atoms with Gasteiger partial charge < -0.3 is 15.6 Å². The van der Waals surface area contributed by atoms with Crippen molar-refractivity contribution in [2.75, 3.05) is 18.6 Å². The average molecular weight is 542 g/mol. The average Bonchev–Trinajstić information content (AvgIpc) is 3.39. The molecule has 16 heteroatoms. The minimum atomic E-state index is -6.34. The standard InChI is InChI=1S/C19H17ClF5N5O4S/c1-30-8-13(35(2,33)34)17(29-30,18(21,22)19(23,24)25)15(32)27-10-3-4-12(20)11(7-10)14(31)28-16(9-26)5-6-16/h3-4,7-8,29H,5-6H2,1-2H3,(H,27,32)(H,28,31). The first-order chi connectivity index (χ1) is 15.9. The monoisotopic (exact) mass is 541 g/mol. The molecule has 3 N–H and O–H groups in total. The zero-order valence-corrected chi connectivity index (χ0v) is 19.5. The Bertz CT molecular complexity index is 1270. The van der Waals surface area contributed by atoms with Gasteiger partial charge in [0.05, 0.1) is 21.6 Å². The Morgan fingerprint density at radius 3 is 2.31 bits per heavy atom. The van der Waals surface area contributed by atoms with E-state index >= 15 is 0 Å². The van der Waals surface area contributed by atoms with E-state index in [-0.39, 0.29) is 10.6 Å². The van der Waals surface area contributed by atoms with Gasteiger partial charge >= 0.3 is 12.1 Å². The molecule has 1 aromatic carbocycles. The first kappa shape index (κ1) is 26.6. The number of rotatable bonds is 6. The molecule has 1 aliphatic carbocycles. The van der Waals surface area contributed by atoms with Crippen LogP contribution in [0.2, 0.25) is 5.02 Å². The topological polar surface area (TPSA) is 131 Å². The van der Waals surface area contributed by atoms with Crippen molar-refractivity contribution in [3.63, 3.8) is 0 Å². The number of nitriles is 1. The van der Waals surface area contributed by atoms with E-state index in [9.17, 15) is 40.0 Å². The molecule has 1 unspecified atom stereocenters. The molecule has 35 heavy (non-hydrogen) atoms. The van der Waals surface area contributed by atoms with Gasteiger partial charge in [-0.1, -0.05) is 11.6 Å². The van der Waals surface area contributed by atoms with Crippen LogP contribution in [0.5, 0.6) is 0 Å². The maximum absolute atomic E-state index is 14.8. The molecule has 2 aliphatic rings. The molecule has 1 aromatic rings. The number of halogens is 6. The van der Waals surface area contributed by atoms with Crippen molar-refractivity contribution in [2.24, 2.45) is 0 Å². The summed E-state index contributed by atoms with van der Waals surface area (Å²) in [5.41, 5.74) is -4.33. The Hall–Kier alpha value is -2.96. The van der Waals surface area contributed by atoms with Crippen molar-refractivity contribution in [3.8, 4) is 6.07 Å². The van der Waals surface area contributed by atoms with E-state index in [1.165, 1.54) is 0 Å². The van der Waals surface area contributed by atoms with Gasteiger partial charge in [0.2, 0.25) is 5.54 Å². The van der Waals surface area contributed by atoms with Crippen molar-refractivity contribution < 1.29 is 40.0 Å². The highest BCUT2D eigenvalue weighted by atomic mass is 35.5. The van der Waals surface area contributed by atoms with Crippen molar-refractivity contribution >= 4 is 38.9 Å². The summed E-state index contributed by atoms with van der Waals surface area (Å²) in [6, 6.07) is 4.87. The molecule has 190 valence electrons. The maximum atomic E-state index is 14.8. The third-order valence-electron chi connectivity index (χ3n) is 5.38. The van der Waals surface area contributed by atoms with Crippen LogP contribution in [0.25, 0.3) is 0 Å². The van der Waals surface area contributed by atoms with Crippen molar-refractivity contribution in [1.82, 2.24) is 15.8 Å². The summed E-state index contributed by atoms with van der Waals surface area (Å²) in [6.07, 6.45) is -4.78. The lowest BCUT2D eigenvalue weighted by molar-refractivity contribution is -0.302. The van der Waals surface area contributed by atoms with Crippen molar-refractivity contribution in [2.45, 2.75) is 36.0 Å². The lowest BCUT2D eigenvalue weighted by Crippen LogP contribution is -2.71. The molecule has 0 saturated heterocycles. The molecule has 1 heterocycles. The normalized spacial score (nSPS) is 21.7. The number of amides is 2. The minimum Gasteiger partial charge on any atom is -0.334 e. The second-order valence-corrected chi connectivity index (χ2v) is 10.5. The molecule has 2 amide bonds. The van der Waals surface area contributed by atoms with Gasteiger partial charge in [0, 0.05) is 25.2 Å². The fourth-order valence-electron chi connectivity index (χ4n) is 3.42. The Morgan fingerprint density at radius 2 is 1.83 bits per heavy atom. The summed E-state index contributed by atoms with van der Waals surface area (Å²) < 4.78 is 94.2. The lowest BCUT2D eigenvalue weighted by Gasteiger charge is -2.38. The quantitative estimate of drug-likeness (QED) is 0.471. The summed E-state index contributed by atoms with van der Waals surface area (Å²) in [7, 11) is -3.84. The number of carbonyl (C=O) groups excluding carboxylic acids is 2. The molecular formula is C19H17ClF5N5O4S. The third-order valence-corrected chi connectivity index (χ3v) is 6.92. The van der Waals surface area contributed by atoms with Crippen LogP contribution in [0.1, 0.15) is 23.2 Å².